The second-order valence-electron chi connectivity index (χ2n) is 6.56. The van der Waals surface area contributed by atoms with Crippen LogP contribution in [-0.4, -0.2) is 36.7 Å². The topological polar surface area (TPSA) is 135 Å². The molecule has 0 aliphatic carbocycles. The van der Waals surface area contributed by atoms with Crippen LogP contribution in [0.2, 0.25) is 0 Å². The van der Waals surface area contributed by atoms with Crippen LogP contribution in [0, 0.1) is 0 Å². The molecule has 2 aromatic carbocycles. The predicted octanol–water partition coefficient (Wildman–Crippen LogP) is 2.55. The molecule has 3 aromatic rings. The van der Waals surface area contributed by atoms with E-state index in [9.17, 15) is 9.59 Å². The molecular formula is C21H25N5O3. The van der Waals surface area contributed by atoms with E-state index >= 15 is 0 Å². The maximum atomic E-state index is 11.8. The number of nitrogens with one attached hydrogen (secondary N) is 3. The minimum absolute atomic E-state index is 0.199. The zero-order valence-corrected chi connectivity index (χ0v) is 16.2. The number of nitrogens with two attached hydrogens (primary N) is 2. The van der Waals surface area contributed by atoms with E-state index in [4.69, 9.17) is 16.2 Å². The van der Waals surface area contributed by atoms with E-state index in [1.165, 1.54) is 0 Å². The molecule has 8 heteroatoms. The summed E-state index contributed by atoms with van der Waals surface area (Å²) in [5.41, 5.74) is 14.7. The van der Waals surface area contributed by atoms with Crippen LogP contribution in [0.4, 0.5) is 10.6 Å². The van der Waals surface area contributed by atoms with Gasteiger partial charge in [0.15, 0.2) is 0 Å². The lowest BCUT2D eigenvalue weighted by Crippen LogP contribution is -2.22. The molecule has 29 heavy (non-hydrogen) atoms. The van der Waals surface area contributed by atoms with Gasteiger partial charge in [0.1, 0.15) is 5.82 Å². The Labute approximate surface area is 168 Å². The third-order valence-corrected chi connectivity index (χ3v) is 4.51. The highest BCUT2D eigenvalue weighted by molar-refractivity contribution is 6.13. The first-order valence-electron chi connectivity index (χ1n) is 9.39. The number of H-pyrrole nitrogens is 1. The number of hydrogen-bond acceptors (Lipinski definition) is 4. The highest BCUT2D eigenvalue weighted by atomic mass is 16.5. The fourth-order valence-corrected chi connectivity index (χ4v) is 3.23. The summed E-state index contributed by atoms with van der Waals surface area (Å²) in [7, 11) is 0. The van der Waals surface area contributed by atoms with Crippen molar-refractivity contribution in [2.24, 2.45) is 11.5 Å². The molecule has 3 amide bonds. The van der Waals surface area contributed by atoms with E-state index in [1.54, 1.807) is 6.07 Å². The van der Waals surface area contributed by atoms with Gasteiger partial charge in [-0.2, -0.15) is 0 Å². The molecule has 0 spiro atoms. The number of primary amides is 2. The highest BCUT2D eigenvalue weighted by Crippen LogP contribution is 2.30. The van der Waals surface area contributed by atoms with Gasteiger partial charge in [-0.25, -0.2) is 4.79 Å². The summed E-state index contributed by atoms with van der Waals surface area (Å²) in [5, 5.41) is 6.39. The zero-order valence-electron chi connectivity index (χ0n) is 16.2. The number of aromatic nitrogens is 1. The molecule has 152 valence electrons. The van der Waals surface area contributed by atoms with Gasteiger partial charge in [-0.15, -0.1) is 0 Å². The third-order valence-electron chi connectivity index (χ3n) is 4.51. The van der Waals surface area contributed by atoms with Gasteiger partial charge in [0.05, 0.1) is 12.2 Å². The van der Waals surface area contributed by atoms with Gasteiger partial charge in [0.25, 0.3) is 5.91 Å². The van der Waals surface area contributed by atoms with Crippen molar-refractivity contribution in [1.82, 2.24) is 10.3 Å². The number of rotatable bonds is 9. The Kier molecular flexibility index (Phi) is 6.48. The lowest BCUT2D eigenvalue weighted by molar-refractivity contribution is 0.100. The minimum atomic E-state index is -0.774. The largest absolute Gasteiger partial charge is 0.380 e. The number of fused-ring (bicyclic) bond motifs is 1. The molecule has 0 aliphatic rings. The Morgan fingerprint density at radius 2 is 1.90 bits per heavy atom. The molecule has 7 N–H and O–H groups in total. The number of hydrogen-bond donors (Lipinski definition) is 5. The van der Waals surface area contributed by atoms with Gasteiger partial charge in [-0.3, -0.25) is 10.1 Å². The molecule has 8 nitrogen and oxygen atoms in total. The van der Waals surface area contributed by atoms with Gasteiger partial charge in [-0.1, -0.05) is 30.3 Å². The number of ether oxygens (including phenoxy) is 1. The Balaban J connectivity index is 1.86. The maximum Gasteiger partial charge on any atom is 0.317 e. The number of anilines is 1. The molecule has 0 bridgehead atoms. The Morgan fingerprint density at radius 3 is 2.62 bits per heavy atom. The summed E-state index contributed by atoms with van der Waals surface area (Å²) in [6, 6.07) is 13.0. The summed E-state index contributed by atoms with van der Waals surface area (Å²) in [6.45, 7) is 4.90. The molecule has 0 fully saturated rings. The van der Waals surface area contributed by atoms with Crippen molar-refractivity contribution in [3.05, 3.63) is 53.6 Å². The number of benzene rings is 2. The molecule has 0 saturated carbocycles. The van der Waals surface area contributed by atoms with Gasteiger partial charge in [0, 0.05) is 30.6 Å². The van der Waals surface area contributed by atoms with Crippen LogP contribution in [0.1, 0.15) is 22.8 Å². The maximum absolute atomic E-state index is 11.8. The summed E-state index contributed by atoms with van der Waals surface area (Å²) < 4.78 is 5.32. The lowest BCUT2D eigenvalue weighted by atomic mass is 10.0. The number of carbonyl (C=O) groups excluding carboxylic acids is 2. The third kappa shape index (κ3) is 4.92. The minimum Gasteiger partial charge on any atom is -0.380 e. The van der Waals surface area contributed by atoms with Gasteiger partial charge in [0.2, 0.25) is 0 Å². The van der Waals surface area contributed by atoms with Gasteiger partial charge >= 0.3 is 6.03 Å². The second kappa shape index (κ2) is 9.22. The molecule has 0 unspecified atom stereocenters. The first-order chi connectivity index (χ1) is 14.0. The number of aromatic amines is 1. The molecule has 0 saturated heterocycles. The van der Waals surface area contributed by atoms with Crippen LogP contribution in [0.25, 0.3) is 22.0 Å². The van der Waals surface area contributed by atoms with Crippen LogP contribution in [-0.2, 0) is 11.3 Å². The number of amides is 3. The molecule has 0 atom stereocenters. The van der Waals surface area contributed by atoms with E-state index < -0.39 is 11.9 Å². The predicted molar refractivity (Wildman–Crippen MR) is 114 cm³/mol. The van der Waals surface area contributed by atoms with E-state index in [1.807, 2.05) is 31.2 Å². The van der Waals surface area contributed by atoms with Crippen LogP contribution >= 0.6 is 0 Å². The normalized spacial score (nSPS) is 10.9. The van der Waals surface area contributed by atoms with Crippen LogP contribution in [0.3, 0.4) is 0 Å². The lowest BCUT2D eigenvalue weighted by Gasteiger charge is -2.08. The highest BCUT2D eigenvalue weighted by Gasteiger charge is 2.17. The Hall–Kier alpha value is -3.36. The molecule has 0 radical (unpaired) electrons. The average Bonchev–Trinajstić information content (AvgIpc) is 3.04. The van der Waals surface area contributed by atoms with Crippen molar-refractivity contribution < 1.29 is 14.3 Å². The standard InChI is InChI=1S/C21H25N5O3/c1-2-29-9-8-24-12-13-4-3-5-14(10-13)15-6-7-16-17(11-15)25-20(26-21(23)28)18(16)19(22)27/h3-7,10-11,24-25H,2,8-9,12H2,1H3,(H2,22,27)(H3,23,26,28). The average molecular weight is 395 g/mol. The molecule has 1 aromatic heterocycles. The monoisotopic (exact) mass is 395 g/mol. The molecule has 0 aliphatic heterocycles. The van der Waals surface area contributed by atoms with Crippen LogP contribution < -0.4 is 22.1 Å². The van der Waals surface area contributed by atoms with E-state index in [0.717, 1.165) is 29.8 Å². The number of urea groups is 1. The quantitative estimate of drug-likeness (QED) is 0.356. The summed E-state index contributed by atoms with van der Waals surface area (Å²) in [4.78, 5) is 26.1. The van der Waals surface area contributed by atoms with E-state index in [2.05, 4.69) is 27.8 Å². The Bertz CT molecular complexity index is 1030. The van der Waals surface area contributed by atoms with Crippen molar-refractivity contribution in [2.45, 2.75) is 13.5 Å². The molecule has 3 rings (SSSR count). The molecule has 1 heterocycles. The van der Waals surface area contributed by atoms with Crippen molar-refractivity contribution in [3.8, 4) is 11.1 Å². The number of carbonyl (C=O) groups is 2. The fourth-order valence-electron chi connectivity index (χ4n) is 3.23. The SMILES string of the molecule is CCOCCNCc1cccc(-c2ccc3c(C(N)=O)c(NC(N)=O)[nH]c3c2)c1. The van der Waals surface area contributed by atoms with Crippen molar-refractivity contribution in [1.29, 1.82) is 0 Å². The van der Waals surface area contributed by atoms with Crippen molar-refractivity contribution in [2.75, 3.05) is 25.1 Å². The second-order valence-corrected chi connectivity index (χ2v) is 6.56. The first kappa shape index (κ1) is 20.4. The first-order valence-corrected chi connectivity index (χ1v) is 9.39. The summed E-state index contributed by atoms with van der Waals surface area (Å²) >= 11 is 0. The summed E-state index contributed by atoms with van der Waals surface area (Å²) in [5.74, 6) is -0.447. The van der Waals surface area contributed by atoms with Crippen molar-refractivity contribution in [3.63, 3.8) is 0 Å². The zero-order chi connectivity index (χ0) is 20.8. The molecular weight excluding hydrogens is 370 g/mol. The van der Waals surface area contributed by atoms with E-state index in [0.29, 0.717) is 24.1 Å². The van der Waals surface area contributed by atoms with E-state index in [-0.39, 0.29) is 11.4 Å². The smallest absolute Gasteiger partial charge is 0.317 e. The van der Waals surface area contributed by atoms with Crippen molar-refractivity contribution >= 4 is 28.7 Å². The van der Waals surface area contributed by atoms with Gasteiger partial charge in [-0.05, 0) is 35.7 Å². The fraction of sp³-hybridized carbons (Fsp3) is 0.238. The Morgan fingerprint density at radius 1 is 1.10 bits per heavy atom. The van der Waals surface area contributed by atoms with Crippen LogP contribution in [0.15, 0.2) is 42.5 Å². The van der Waals surface area contributed by atoms with Crippen LogP contribution in [0.5, 0.6) is 0 Å². The summed E-state index contributed by atoms with van der Waals surface area (Å²) in [6.07, 6.45) is 0. The van der Waals surface area contributed by atoms with Gasteiger partial charge < -0.3 is 26.5 Å².